The van der Waals surface area contributed by atoms with E-state index in [1.54, 1.807) is 0 Å². The van der Waals surface area contributed by atoms with Crippen LogP contribution in [0.2, 0.25) is 0 Å². The summed E-state index contributed by atoms with van der Waals surface area (Å²) in [5.74, 6) is 0. The van der Waals surface area contributed by atoms with Crippen LogP contribution in [0, 0.1) is 0 Å². The Morgan fingerprint density at radius 3 is 1.71 bits per heavy atom. The molecule has 0 radical (unpaired) electrons. The van der Waals surface area contributed by atoms with Gasteiger partial charge in [-0.25, -0.2) is 0 Å². The highest BCUT2D eigenvalue weighted by Gasteiger charge is 2.19. The lowest BCUT2D eigenvalue weighted by Crippen LogP contribution is -2.43. The number of hydrogen-bond donors (Lipinski definition) is 2. The number of aliphatic hydroxyl groups is 2. The van der Waals surface area contributed by atoms with Crippen LogP contribution >= 0.6 is 0 Å². The molecule has 0 amide bonds. The monoisotopic (exact) mass is 245 g/mol. The highest BCUT2D eigenvalue weighted by molar-refractivity contribution is 4.64. The maximum Gasteiger partial charge on any atom is 0.109 e. The average molecular weight is 245 g/mol. The number of unbranched alkanes of at least 4 members (excludes halogenated alkanes) is 5. The average Bonchev–Trinajstić information content (AvgIpc) is 2.36. The summed E-state index contributed by atoms with van der Waals surface area (Å²) in [4.78, 5) is 1.82. The standard InChI is InChI=1S/C14H31NO2/c1-4-7-8-9-10-11-12-15(13(16)5-2)14(17)6-3/h13-14,16-17H,4-12H2,1-3H3. The fraction of sp³-hybridized carbons (Fsp3) is 1.00. The van der Waals surface area contributed by atoms with Gasteiger partial charge < -0.3 is 10.2 Å². The van der Waals surface area contributed by atoms with Crippen molar-refractivity contribution in [1.29, 1.82) is 0 Å². The van der Waals surface area contributed by atoms with Gasteiger partial charge in [-0.05, 0) is 19.3 Å². The number of aliphatic hydroxyl groups excluding tert-OH is 2. The maximum absolute atomic E-state index is 9.83. The van der Waals surface area contributed by atoms with E-state index >= 15 is 0 Å². The highest BCUT2D eigenvalue weighted by atomic mass is 16.3. The van der Waals surface area contributed by atoms with Crippen LogP contribution in [0.4, 0.5) is 0 Å². The lowest BCUT2D eigenvalue weighted by Gasteiger charge is -2.31. The van der Waals surface area contributed by atoms with E-state index in [0.717, 1.165) is 13.0 Å². The summed E-state index contributed by atoms with van der Waals surface area (Å²) in [6.07, 6.45) is 7.78. The molecule has 17 heavy (non-hydrogen) atoms. The third-order valence-corrected chi connectivity index (χ3v) is 3.27. The summed E-state index contributed by atoms with van der Waals surface area (Å²) in [6, 6.07) is 0. The number of rotatable bonds is 11. The molecular formula is C14H31NO2. The van der Waals surface area contributed by atoms with Crippen LogP contribution in [0.15, 0.2) is 0 Å². The zero-order valence-electron chi connectivity index (χ0n) is 11.9. The molecule has 0 saturated heterocycles. The summed E-state index contributed by atoms with van der Waals surface area (Å²) < 4.78 is 0. The van der Waals surface area contributed by atoms with Crippen LogP contribution in [-0.2, 0) is 0 Å². The second kappa shape index (κ2) is 11.0. The molecule has 0 aromatic rings. The van der Waals surface area contributed by atoms with Crippen molar-refractivity contribution in [1.82, 2.24) is 4.90 Å². The van der Waals surface area contributed by atoms with Gasteiger partial charge in [-0.15, -0.1) is 0 Å². The van der Waals surface area contributed by atoms with E-state index in [9.17, 15) is 10.2 Å². The van der Waals surface area contributed by atoms with Crippen LogP contribution in [0.5, 0.6) is 0 Å². The zero-order valence-corrected chi connectivity index (χ0v) is 11.9. The molecule has 0 bridgehead atoms. The van der Waals surface area contributed by atoms with Crippen molar-refractivity contribution in [2.75, 3.05) is 6.54 Å². The Morgan fingerprint density at radius 2 is 1.24 bits per heavy atom. The van der Waals surface area contributed by atoms with Crippen molar-refractivity contribution in [3.63, 3.8) is 0 Å². The third-order valence-electron chi connectivity index (χ3n) is 3.27. The summed E-state index contributed by atoms with van der Waals surface area (Å²) in [5, 5.41) is 19.7. The van der Waals surface area contributed by atoms with E-state index in [0.29, 0.717) is 12.8 Å². The topological polar surface area (TPSA) is 43.7 Å². The van der Waals surface area contributed by atoms with Crippen LogP contribution in [0.25, 0.3) is 0 Å². The molecule has 0 fully saturated rings. The van der Waals surface area contributed by atoms with Crippen molar-refractivity contribution in [3.05, 3.63) is 0 Å². The lowest BCUT2D eigenvalue weighted by atomic mass is 10.1. The first-order chi connectivity index (χ1) is 8.17. The molecule has 0 spiro atoms. The van der Waals surface area contributed by atoms with Gasteiger partial charge in [-0.2, -0.15) is 0 Å². The smallest absolute Gasteiger partial charge is 0.109 e. The Morgan fingerprint density at radius 1 is 0.765 bits per heavy atom. The molecule has 0 saturated carbocycles. The van der Waals surface area contributed by atoms with Crippen LogP contribution in [-0.4, -0.2) is 34.1 Å². The van der Waals surface area contributed by atoms with E-state index in [1.807, 2.05) is 18.7 Å². The van der Waals surface area contributed by atoms with E-state index in [1.165, 1.54) is 32.1 Å². The summed E-state index contributed by atoms with van der Waals surface area (Å²) in [6.45, 7) is 6.91. The molecule has 2 N–H and O–H groups in total. The third kappa shape index (κ3) is 7.74. The highest BCUT2D eigenvalue weighted by Crippen LogP contribution is 2.12. The Labute approximate surface area is 107 Å². The van der Waals surface area contributed by atoms with Crippen molar-refractivity contribution >= 4 is 0 Å². The van der Waals surface area contributed by atoms with E-state index in [2.05, 4.69) is 6.92 Å². The Balaban J connectivity index is 3.76. The number of nitrogens with zero attached hydrogens (tertiary/aromatic N) is 1. The van der Waals surface area contributed by atoms with Crippen molar-refractivity contribution < 1.29 is 10.2 Å². The van der Waals surface area contributed by atoms with E-state index in [4.69, 9.17) is 0 Å². The molecule has 0 aromatic carbocycles. The predicted octanol–water partition coefficient (Wildman–Crippen LogP) is 3.11. The van der Waals surface area contributed by atoms with Crippen molar-refractivity contribution in [2.45, 2.75) is 84.6 Å². The molecule has 0 heterocycles. The fourth-order valence-electron chi connectivity index (χ4n) is 2.04. The second-order valence-corrected chi connectivity index (χ2v) is 4.78. The van der Waals surface area contributed by atoms with Gasteiger partial charge in [0.15, 0.2) is 0 Å². The van der Waals surface area contributed by atoms with Gasteiger partial charge in [0.1, 0.15) is 12.5 Å². The predicted molar refractivity (Wildman–Crippen MR) is 72.7 cm³/mol. The molecule has 0 aliphatic rings. The van der Waals surface area contributed by atoms with Gasteiger partial charge in [0.2, 0.25) is 0 Å². The Kier molecular flexibility index (Phi) is 10.9. The maximum atomic E-state index is 9.83. The number of hydrogen-bond acceptors (Lipinski definition) is 3. The van der Waals surface area contributed by atoms with Gasteiger partial charge in [0.25, 0.3) is 0 Å². The second-order valence-electron chi connectivity index (χ2n) is 4.78. The lowest BCUT2D eigenvalue weighted by molar-refractivity contribution is -0.104. The molecule has 0 aliphatic heterocycles. The Hall–Kier alpha value is -0.120. The molecular weight excluding hydrogens is 214 g/mol. The van der Waals surface area contributed by atoms with Crippen LogP contribution in [0.1, 0.15) is 72.1 Å². The van der Waals surface area contributed by atoms with E-state index in [-0.39, 0.29) is 0 Å². The summed E-state index contributed by atoms with van der Waals surface area (Å²) in [5.41, 5.74) is 0. The quantitative estimate of drug-likeness (QED) is 0.434. The Bertz CT molecular complexity index is 154. The van der Waals surface area contributed by atoms with Gasteiger partial charge in [-0.3, -0.25) is 4.90 Å². The van der Waals surface area contributed by atoms with Gasteiger partial charge in [-0.1, -0.05) is 52.9 Å². The van der Waals surface area contributed by atoms with Gasteiger partial charge in [0, 0.05) is 6.54 Å². The van der Waals surface area contributed by atoms with Crippen LogP contribution < -0.4 is 0 Å². The van der Waals surface area contributed by atoms with Crippen LogP contribution in [0.3, 0.4) is 0 Å². The van der Waals surface area contributed by atoms with Crippen molar-refractivity contribution in [2.24, 2.45) is 0 Å². The fourth-order valence-corrected chi connectivity index (χ4v) is 2.04. The summed E-state index contributed by atoms with van der Waals surface area (Å²) in [7, 11) is 0. The molecule has 2 atom stereocenters. The van der Waals surface area contributed by atoms with Gasteiger partial charge >= 0.3 is 0 Å². The first kappa shape index (κ1) is 16.9. The largest absolute Gasteiger partial charge is 0.378 e. The normalized spacial score (nSPS) is 15.2. The molecule has 0 aromatic heterocycles. The van der Waals surface area contributed by atoms with E-state index < -0.39 is 12.5 Å². The van der Waals surface area contributed by atoms with Crippen molar-refractivity contribution in [3.8, 4) is 0 Å². The first-order valence-electron chi connectivity index (χ1n) is 7.29. The summed E-state index contributed by atoms with van der Waals surface area (Å²) >= 11 is 0. The minimum Gasteiger partial charge on any atom is -0.378 e. The molecule has 2 unspecified atom stereocenters. The minimum absolute atomic E-state index is 0.499. The molecule has 3 nitrogen and oxygen atoms in total. The molecule has 0 rings (SSSR count). The molecule has 3 heteroatoms. The minimum atomic E-state index is -0.499. The molecule has 104 valence electrons. The SMILES string of the molecule is CCCCCCCCN(C(O)CC)C(O)CC. The molecule has 0 aliphatic carbocycles. The first-order valence-corrected chi connectivity index (χ1v) is 7.29. The zero-order chi connectivity index (χ0) is 13.1. The van der Waals surface area contributed by atoms with Gasteiger partial charge in [0.05, 0.1) is 0 Å².